The second-order valence-corrected chi connectivity index (χ2v) is 7.83. The normalized spacial score (nSPS) is 14.8. The van der Waals surface area contributed by atoms with E-state index in [9.17, 15) is 23.9 Å². The number of carbonyl (C=O) groups is 3. The zero-order valence-corrected chi connectivity index (χ0v) is 19.0. The van der Waals surface area contributed by atoms with Crippen molar-refractivity contribution in [1.29, 1.82) is 0 Å². The Hall–Kier alpha value is -4.37. The zero-order valence-electron chi connectivity index (χ0n) is 18.2. The highest BCUT2D eigenvalue weighted by Crippen LogP contribution is 2.38. The molecule has 8 nitrogen and oxygen atoms in total. The molecule has 35 heavy (non-hydrogen) atoms. The minimum Gasteiger partial charge on any atom is -0.508 e. The van der Waals surface area contributed by atoms with Crippen LogP contribution in [0.25, 0.3) is 6.08 Å². The fraction of sp³-hybridized carbons (Fsp3) is 0.0800. The molecule has 0 radical (unpaired) electrons. The lowest BCUT2D eigenvalue weighted by molar-refractivity contribution is -0.122. The standard InChI is InChI=1S/C25H18ClFN2O6/c1-34-21-12-15(11-20(26)22(21)35-13-14-3-2-4-16(27)9-14)10-19-23(31)28-25(33)29(24(19)32)17-5-7-18(30)8-6-17/h2-12,30H,13H2,1H3,(H,28,31,33)/b19-10+. The predicted molar refractivity (Wildman–Crippen MR) is 126 cm³/mol. The number of hydrogen-bond acceptors (Lipinski definition) is 6. The summed E-state index contributed by atoms with van der Waals surface area (Å²) >= 11 is 6.38. The van der Waals surface area contributed by atoms with Crippen molar-refractivity contribution in [3.8, 4) is 17.2 Å². The van der Waals surface area contributed by atoms with Crippen LogP contribution in [0.1, 0.15) is 11.1 Å². The number of barbiturate groups is 1. The maximum absolute atomic E-state index is 13.4. The van der Waals surface area contributed by atoms with Crippen LogP contribution in [0.4, 0.5) is 14.9 Å². The number of nitrogens with zero attached hydrogens (tertiary/aromatic N) is 1. The van der Waals surface area contributed by atoms with Crippen molar-refractivity contribution in [3.05, 3.63) is 88.2 Å². The van der Waals surface area contributed by atoms with E-state index >= 15 is 0 Å². The third-order valence-electron chi connectivity index (χ3n) is 5.04. The number of ether oxygens (including phenoxy) is 2. The van der Waals surface area contributed by atoms with Crippen LogP contribution in [-0.4, -0.2) is 30.1 Å². The Morgan fingerprint density at radius 2 is 1.83 bits per heavy atom. The molecule has 0 spiro atoms. The van der Waals surface area contributed by atoms with Gasteiger partial charge in [-0.05, 0) is 65.7 Å². The van der Waals surface area contributed by atoms with E-state index in [0.717, 1.165) is 4.90 Å². The summed E-state index contributed by atoms with van der Waals surface area (Å²) < 4.78 is 24.5. The molecule has 0 aliphatic carbocycles. The highest BCUT2D eigenvalue weighted by Gasteiger charge is 2.36. The molecule has 1 aliphatic rings. The predicted octanol–water partition coefficient (Wildman–Crippen LogP) is 4.44. The molecule has 0 atom stereocenters. The molecule has 3 aromatic carbocycles. The molecule has 1 saturated heterocycles. The first kappa shape index (κ1) is 23.8. The summed E-state index contributed by atoms with van der Waals surface area (Å²) in [6, 6.07) is 13.3. The van der Waals surface area contributed by atoms with Crippen molar-refractivity contribution in [1.82, 2.24) is 5.32 Å². The molecule has 10 heteroatoms. The van der Waals surface area contributed by atoms with E-state index < -0.39 is 23.7 Å². The Labute approximate surface area is 204 Å². The van der Waals surface area contributed by atoms with E-state index in [2.05, 4.69) is 5.32 Å². The van der Waals surface area contributed by atoms with Gasteiger partial charge in [-0.1, -0.05) is 23.7 Å². The van der Waals surface area contributed by atoms with Crippen LogP contribution in [0.2, 0.25) is 5.02 Å². The van der Waals surface area contributed by atoms with Gasteiger partial charge >= 0.3 is 6.03 Å². The molecule has 0 saturated carbocycles. The van der Waals surface area contributed by atoms with E-state index in [-0.39, 0.29) is 40.1 Å². The summed E-state index contributed by atoms with van der Waals surface area (Å²) in [5.74, 6) is -1.77. The molecule has 1 fully saturated rings. The lowest BCUT2D eigenvalue weighted by atomic mass is 10.1. The van der Waals surface area contributed by atoms with Crippen LogP contribution in [0.5, 0.6) is 17.2 Å². The molecule has 4 rings (SSSR count). The Bertz CT molecular complexity index is 1360. The number of imide groups is 2. The number of carbonyl (C=O) groups excluding carboxylic acids is 3. The van der Waals surface area contributed by atoms with Gasteiger partial charge in [0.15, 0.2) is 11.5 Å². The van der Waals surface area contributed by atoms with Gasteiger partial charge in [0.2, 0.25) is 0 Å². The number of phenols is 1. The molecule has 0 bridgehead atoms. The topological polar surface area (TPSA) is 105 Å². The second-order valence-electron chi connectivity index (χ2n) is 7.43. The van der Waals surface area contributed by atoms with Crippen LogP contribution in [-0.2, 0) is 16.2 Å². The van der Waals surface area contributed by atoms with E-state index in [1.165, 1.54) is 61.7 Å². The maximum atomic E-state index is 13.4. The minimum atomic E-state index is -0.917. The maximum Gasteiger partial charge on any atom is 0.335 e. The van der Waals surface area contributed by atoms with Crippen molar-refractivity contribution in [2.45, 2.75) is 6.61 Å². The summed E-state index contributed by atoms with van der Waals surface area (Å²) in [5, 5.41) is 11.7. The van der Waals surface area contributed by atoms with Crippen LogP contribution in [0, 0.1) is 5.82 Å². The number of urea groups is 1. The smallest absolute Gasteiger partial charge is 0.335 e. The largest absolute Gasteiger partial charge is 0.508 e. The molecule has 1 heterocycles. The SMILES string of the molecule is COc1cc(/C=C2\C(=O)NC(=O)N(c3ccc(O)cc3)C2=O)cc(Cl)c1OCc1cccc(F)c1. The molecule has 3 aromatic rings. The molecular weight excluding hydrogens is 479 g/mol. The van der Waals surface area contributed by atoms with Gasteiger partial charge < -0.3 is 14.6 Å². The van der Waals surface area contributed by atoms with Crippen LogP contribution < -0.4 is 19.7 Å². The number of halogens is 2. The van der Waals surface area contributed by atoms with Gasteiger partial charge in [0.25, 0.3) is 11.8 Å². The Morgan fingerprint density at radius 1 is 1.09 bits per heavy atom. The number of nitrogens with one attached hydrogen (secondary N) is 1. The van der Waals surface area contributed by atoms with Crippen molar-refractivity contribution < 1.29 is 33.4 Å². The molecule has 0 unspecified atom stereocenters. The molecule has 1 aliphatic heterocycles. The lowest BCUT2D eigenvalue weighted by Gasteiger charge is -2.26. The minimum absolute atomic E-state index is 0.0267. The molecule has 178 valence electrons. The number of benzene rings is 3. The van der Waals surface area contributed by atoms with Crippen LogP contribution >= 0.6 is 11.6 Å². The van der Waals surface area contributed by atoms with Crippen molar-refractivity contribution in [2.24, 2.45) is 0 Å². The highest BCUT2D eigenvalue weighted by atomic mass is 35.5. The highest BCUT2D eigenvalue weighted by molar-refractivity contribution is 6.39. The van der Waals surface area contributed by atoms with Crippen molar-refractivity contribution in [3.63, 3.8) is 0 Å². The fourth-order valence-corrected chi connectivity index (χ4v) is 3.68. The van der Waals surface area contributed by atoms with Gasteiger partial charge in [-0.2, -0.15) is 0 Å². The van der Waals surface area contributed by atoms with Gasteiger partial charge in [0.05, 0.1) is 17.8 Å². The first-order valence-electron chi connectivity index (χ1n) is 10.2. The molecule has 2 N–H and O–H groups in total. The lowest BCUT2D eigenvalue weighted by Crippen LogP contribution is -2.54. The summed E-state index contributed by atoms with van der Waals surface area (Å²) in [5.41, 5.74) is 0.769. The molecular formula is C25H18ClFN2O6. The van der Waals surface area contributed by atoms with Crippen LogP contribution in [0.3, 0.4) is 0 Å². The Morgan fingerprint density at radius 3 is 2.51 bits per heavy atom. The van der Waals surface area contributed by atoms with Gasteiger partial charge in [0.1, 0.15) is 23.7 Å². The number of hydrogen-bond donors (Lipinski definition) is 2. The number of phenolic OH excluding ortho intramolecular Hbond substituents is 1. The number of aromatic hydroxyl groups is 1. The van der Waals surface area contributed by atoms with E-state index in [4.69, 9.17) is 21.1 Å². The number of amides is 4. The monoisotopic (exact) mass is 496 g/mol. The quantitative estimate of drug-likeness (QED) is 0.386. The number of anilines is 1. The second kappa shape index (κ2) is 9.86. The van der Waals surface area contributed by atoms with Gasteiger partial charge in [-0.25, -0.2) is 14.1 Å². The van der Waals surface area contributed by atoms with Gasteiger partial charge in [-0.15, -0.1) is 0 Å². The molecule has 4 amide bonds. The first-order chi connectivity index (χ1) is 16.8. The van der Waals surface area contributed by atoms with Crippen molar-refractivity contribution in [2.75, 3.05) is 12.0 Å². The van der Waals surface area contributed by atoms with Crippen molar-refractivity contribution >= 4 is 41.2 Å². The van der Waals surface area contributed by atoms with E-state index in [0.29, 0.717) is 11.1 Å². The van der Waals surface area contributed by atoms with Gasteiger partial charge in [-0.3, -0.25) is 14.9 Å². The number of methoxy groups -OCH3 is 1. The Balaban J connectivity index is 1.64. The fourth-order valence-electron chi connectivity index (χ4n) is 3.41. The van der Waals surface area contributed by atoms with E-state index in [1.54, 1.807) is 12.1 Å². The summed E-state index contributed by atoms with van der Waals surface area (Å²) in [7, 11) is 1.39. The van der Waals surface area contributed by atoms with Gasteiger partial charge in [0, 0.05) is 0 Å². The summed E-state index contributed by atoms with van der Waals surface area (Å²) in [6.45, 7) is 0.0267. The van der Waals surface area contributed by atoms with E-state index in [1.807, 2.05) is 0 Å². The summed E-state index contributed by atoms with van der Waals surface area (Å²) in [6.07, 6.45) is 1.27. The average molecular weight is 497 g/mol. The zero-order chi connectivity index (χ0) is 25.1. The number of rotatable bonds is 6. The average Bonchev–Trinajstić information content (AvgIpc) is 2.82. The Kier molecular flexibility index (Phi) is 6.70. The molecule has 0 aromatic heterocycles. The first-order valence-corrected chi connectivity index (χ1v) is 10.6. The third-order valence-corrected chi connectivity index (χ3v) is 5.33. The third kappa shape index (κ3) is 5.10. The summed E-state index contributed by atoms with van der Waals surface area (Å²) in [4.78, 5) is 38.5. The van der Waals surface area contributed by atoms with Crippen LogP contribution in [0.15, 0.2) is 66.2 Å².